The van der Waals surface area contributed by atoms with Gasteiger partial charge in [-0.1, -0.05) is 24.3 Å². The van der Waals surface area contributed by atoms with Crippen LogP contribution in [0.15, 0.2) is 47.1 Å². The summed E-state index contributed by atoms with van der Waals surface area (Å²) in [5, 5.41) is 0. The van der Waals surface area contributed by atoms with E-state index >= 15 is 0 Å². The van der Waals surface area contributed by atoms with Gasteiger partial charge in [-0.2, -0.15) is 0 Å². The zero-order valence-electron chi connectivity index (χ0n) is 9.29. The van der Waals surface area contributed by atoms with Crippen molar-refractivity contribution in [1.82, 2.24) is 0 Å². The molecule has 2 rings (SSSR count). The van der Waals surface area contributed by atoms with Gasteiger partial charge in [-0.05, 0) is 17.7 Å². The minimum atomic E-state index is -4.28. The molecule has 0 saturated heterocycles. The molecule has 0 saturated carbocycles. The second-order valence-electron chi connectivity index (χ2n) is 3.34. The number of rotatable bonds is 3. The summed E-state index contributed by atoms with van der Waals surface area (Å²) in [5.74, 6) is 0.0309. The smallest absolute Gasteiger partial charge is 0.748 e. The predicted molar refractivity (Wildman–Crippen MR) is 57.5 cm³/mol. The fourth-order valence-electron chi connectivity index (χ4n) is 1.51. The van der Waals surface area contributed by atoms with E-state index in [2.05, 4.69) is 0 Å². The van der Waals surface area contributed by atoms with Crippen LogP contribution in [0.4, 0.5) is 0 Å². The number of furan rings is 1. The van der Waals surface area contributed by atoms with E-state index in [0.29, 0.717) is 16.9 Å². The van der Waals surface area contributed by atoms with E-state index in [4.69, 9.17) is 4.42 Å². The first-order valence-corrected chi connectivity index (χ1v) is 6.19. The zero-order valence-corrected chi connectivity index (χ0v) is 12.1. The fraction of sp³-hybridized carbons (Fsp3) is 0.0909. The Labute approximate surface area is 122 Å². The molecule has 17 heavy (non-hydrogen) atoms. The number of hydrogen-bond acceptors (Lipinski definition) is 4. The molecule has 0 spiro atoms. The Balaban J connectivity index is 0.00000144. The van der Waals surface area contributed by atoms with Crippen LogP contribution < -0.4 is 29.6 Å². The molecule has 1 heterocycles. The molecule has 0 unspecified atom stereocenters. The van der Waals surface area contributed by atoms with Gasteiger partial charge in [0.05, 0.1) is 22.1 Å². The van der Waals surface area contributed by atoms with E-state index in [1.807, 2.05) is 0 Å². The van der Waals surface area contributed by atoms with Crippen molar-refractivity contribution in [2.24, 2.45) is 0 Å². The molecule has 0 aliphatic heterocycles. The predicted octanol–water partition coefficient (Wildman–Crippen LogP) is -1.00. The monoisotopic (exact) mass is 260 g/mol. The SMILES string of the molecule is O=S(=O)([O-])Cc1ccccc1-c1ccco1.[Na+]. The van der Waals surface area contributed by atoms with Gasteiger partial charge in [0.15, 0.2) is 0 Å². The van der Waals surface area contributed by atoms with Gasteiger partial charge in [-0.3, -0.25) is 0 Å². The van der Waals surface area contributed by atoms with Gasteiger partial charge in [0, 0.05) is 5.56 Å². The first kappa shape index (κ1) is 14.5. The molecule has 0 fully saturated rings. The Morgan fingerprint density at radius 3 is 2.41 bits per heavy atom. The maximum Gasteiger partial charge on any atom is 1.00 e. The molecule has 2 aromatic rings. The Kier molecular flexibility index (Phi) is 4.97. The molecule has 0 aliphatic rings. The minimum Gasteiger partial charge on any atom is -0.748 e. The molecule has 0 radical (unpaired) electrons. The Hall–Kier alpha value is -0.590. The van der Waals surface area contributed by atoms with E-state index < -0.39 is 15.9 Å². The minimum absolute atomic E-state index is 0. The molecule has 6 heteroatoms. The van der Waals surface area contributed by atoms with Gasteiger partial charge in [0.25, 0.3) is 0 Å². The second-order valence-corrected chi connectivity index (χ2v) is 4.74. The molecule has 0 atom stereocenters. The van der Waals surface area contributed by atoms with Crippen LogP contribution in [-0.4, -0.2) is 13.0 Å². The summed E-state index contributed by atoms with van der Waals surface area (Å²) >= 11 is 0. The molecule has 0 aliphatic carbocycles. The molecule has 0 bridgehead atoms. The normalized spacial score (nSPS) is 10.9. The van der Waals surface area contributed by atoms with Crippen molar-refractivity contribution in [3.8, 4) is 11.3 Å². The second kappa shape index (κ2) is 5.84. The van der Waals surface area contributed by atoms with Crippen molar-refractivity contribution in [3.05, 3.63) is 48.2 Å². The maximum atomic E-state index is 10.7. The van der Waals surface area contributed by atoms with Crippen molar-refractivity contribution < 1.29 is 46.9 Å². The van der Waals surface area contributed by atoms with Crippen molar-refractivity contribution in [3.63, 3.8) is 0 Å². The first-order chi connectivity index (χ1) is 7.56. The van der Waals surface area contributed by atoms with Crippen LogP contribution >= 0.6 is 0 Å². The Morgan fingerprint density at radius 2 is 1.82 bits per heavy atom. The van der Waals surface area contributed by atoms with Gasteiger partial charge in [-0.15, -0.1) is 0 Å². The molecule has 1 aromatic carbocycles. The molecule has 0 N–H and O–H groups in total. The van der Waals surface area contributed by atoms with E-state index in [0.717, 1.165) is 0 Å². The Bertz CT molecular complexity index is 575. The molecular formula is C11H9NaO4S. The summed E-state index contributed by atoms with van der Waals surface area (Å²) in [6.07, 6.45) is 1.50. The zero-order chi connectivity index (χ0) is 11.6. The van der Waals surface area contributed by atoms with Crippen molar-refractivity contribution in [1.29, 1.82) is 0 Å². The largest absolute Gasteiger partial charge is 1.00 e. The van der Waals surface area contributed by atoms with E-state index in [1.165, 1.54) is 6.26 Å². The standard InChI is InChI=1S/C11H10O4S.Na/c12-16(13,14)8-9-4-1-2-5-10(9)11-6-3-7-15-11;/h1-7H,8H2,(H,12,13,14);/q;+1/p-1. The summed E-state index contributed by atoms with van der Waals surface area (Å²) in [6.45, 7) is 0. The van der Waals surface area contributed by atoms with E-state index in [-0.39, 0.29) is 29.6 Å². The van der Waals surface area contributed by atoms with Crippen molar-refractivity contribution >= 4 is 10.1 Å². The molecular weight excluding hydrogens is 251 g/mol. The van der Waals surface area contributed by atoms with E-state index in [9.17, 15) is 13.0 Å². The maximum absolute atomic E-state index is 10.7. The average Bonchev–Trinajstić information content (AvgIpc) is 2.69. The first-order valence-electron chi connectivity index (χ1n) is 4.61. The van der Waals surface area contributed by atoms with Gasteiger partial charge in [0.2, 0.25) is 0 Å². The number of hydrogen-bond donors (Lipinski definition) is 0. The summed E-state index contributed by atoms with van der Waals surface area (Å²) < 4.78 is 37.4. The van der Waals surface area contributed by atoms with Gasteiger partial charge in [0.1, 0.15) is 5.76 Å². The summed E-state index contributed by atoms with van der Waals surface area (Å²) in [7, 11) is -4.28. The Morgan fingerprint density at radius 1 is 1.12 bits per heavy atom. The van der Waals surface area contributed by atoms with Crippen LogP contribution in [0.5, 0.6) is 0 Å². The van der Waals surface area contributed by atoms with Crippen LogP contribution in [0, 0.1) is 0 Å². The molecule has 0 amide bonds. The summed E-state index contributed by atoms with van der Waals surface area (Å²) in [5.41, 5.74) is 1.08. The van der Waals surface area contributed by atoms with E-state index in [1.54, 1.807) is 36.4 Å². The van der Waals surface area contributed by atoms with Gasteiger partial charge < -0.3 is 8.97 Å². The van der Waals surface area contributed by atoms with Crippen LogP contribution in [0.2, 0.25) is 0 Å². The van der Waals surface area contributed by atoms with Crippen molar-refractivity contribution in [2.75, 3.05) is 0 Å². The van der Waals surface area contributed by atoms with Crippen LogP contribution in [0.25, 0.3) is 11.3 Å². The molecule has 84 valence electrons. The van der Waals surface area contributed by atoms with Gasteiger partial charge in [-0.25, -0.2) is 8.42 Å². The summed E-state index contributed by atoms with van der Waals surface area (Å²) in [4.78, 5) is 0. The third kappa shape index (κ3) is 3.97. The van der Waals surface area contributed by atoms with Gasteiger partial charge >= 0.3 is 29.6 Å². The summed E-state index contributed by atoms with van der Waals surface area (Å²) in [6, 6.07) is 10.2. The topological polar surface area (TPSA) is 70.3 Å². The fourth-order valence-corrected chi connectivity index (χ4v) is 2.14. The molecule has 1 aromatic heterocycles. The quantitative estimate of drug-likeness (QED) is 0.524. The van der Waals surface area contributed by atoms with Crippen LogP contribution in [0.3, 0.4) is 0 Å². The average molecular weight is 260 g/mol. The molecule has 4 nitrogen and oxygen atoms in total. The van der Waals surface area contributed by atoms with Crippen LogP contribution in [-0.2, 0) is 15.9 Å². The number of benzene rings is 1. The third-order valence-electron chi connectivity index (χ3n) is 2.14. The van der Waals surface area contributed by atoms with Crippen LogP contribution in [0.1, 0.15) is 5.56 Å². The third-order valence-corrected chi connectivity index (χ3v) is 2.80. The van der Waals surface area contributed by atoms with Crippen molar-refractivity contribution in [2.45, 2.75) is 5.75 Å².